The Hall–Kier alpha value is -2.89. The van der Waals surface area contributed by atoms with E-state index >= 15 is 0 Å². The van der Waals surface area contributed by atoms with Gasteiger partial charge in [0.1, 0.15) is 24.4 Å². The number of allylic oxidation sites excluding steroid dienone is 15. The summed E-state index contributed by atoms with van der Waals surface area (Å²) in [6.07, 6.45) is 74.9. The average molecular weight is 1080 g/mol. The van der Waals surface area contributed by atoms with E-state index in [4.69, 9.17) is 9.47 Å². The maximum atomic E-state index is 13.1. The van der Waals surface area contributed by atoms with Gasteiger partial charge in [0, 0.05) is 6.42 Å². The molecule has 1 fully saturated rings. The first-order chi connectivity index (χ1) is 37.8. The molecule has 1 heterocycles. The van der Waals surface area contributed by atoms with Crippen molar-refractivity contribution in [3.05, 3.63) is 97.2 Å². The number of amides is 1. The zero-order chi connectivity index (χ0) is 55.8. The molecule has 7 unspecified atom stereocenters. The molecule has 9 nitrogen and oxygen atoms in total. The zero-order valence-corrected chi connectivity index (χ0v) is 49.4. The fourth-order valence-corrected chi connectivity index (χ4v) is 9.67. The van der Waals surface area contributed by atoms with Crippen LogP contribution < -0.4 is 5.32 Å². The van der Waals surface area contributed by atoms with Crippen molar-refractivity contribution in [1.29, 1.82) is 0 Å². The lowest BCUT2D eigenvalue weighted by molar-refractivity contribution is -0.302. The number of unbranched alkanes of at least 4 members (excludes halogenated alkanes) is 30. The highest BCUT2D eigenvalue weighted by Crippen LogP contribution is 2.23. The van der Waals surface area contributed by atoms with Crippen LogP contribution in [0.25, 0.3) is 0 Å². The Labute approximate surface area is 473 Å². The molecule has 1 saturated heterocycles. The normalized spacial score (nSPS) is 19.4. The minimum Gasteiger partial charge on any atom is -0.394 e. The SMILES string of the molecule is CC/C=C\C/C=C\C/C=C\C/C=C\C/C=C\C/C=C\C/C=C\CCCCCC(=O)NC(COC1OC(CO)C(O)C(O)C1O)C(O)/C=C/CCCCCCCCCCCCCCCCCCCCCCCCCCCCC. The van der Waals surface area contributed by atoms with Crippen LogP contribution >= 0.6 is 0 Å². The lowest BCUT2D eigenvalue weighted by Gasteiger charge is -2.40. The van der Waals surface area contributed by atoms with Crippen molar-refractivity contribution in [2.24, 2.45) is 0 Å². The third-order valence-electron chi connectivity index (χ3n) is 14.7. The molecule has 1 aliphatic rings. The smallest absolute Gasteiger partial charge is 0.220 e. The van der Waals surface area contributed by atoms with Gasteiger partial charge in [0.25, 0.3) is 0 Å². The molecule has 0 bridgehead atoms. The Kier molecular flexibility index (Phi) is 52.8. The zero-order valence-electron chi connectivity index (χ0n) is 49.4. The molecule has 77 heavy (non-hydrogen) atoms. The van der Waals surface area contributed by atoms with E-state index in [1.54, 1.807) is 6.08 Å². The van der Waals surface area contributed by atoms with Gasteiger partial charge >= 0.3 is 0 Å². The number of aliphatic hydroxyl groups excluding tert-OH is 5. The second kappa shape index (κ2) is 56.4. The van der Waals surface area contributed by atoms with Crippen molar-refractivity contribution in [1.82, 2.24) is 5.32 Å². The topological polar surface area (TPSA) is 149 Å². The lowest BCUT2D eigenvalue weighted by atomic mass is 9.99. The van der Waals surface area contributed by atoms with Crippen LogP contribution in [0.5, 0.6) is 0 Å². The highest BCUT2D eigenvalue weighted by molar-refractivity contribution is 5.76. The van der Waals surface area contributed by atoms with Gasteiger partial charge < -0.3 is 40.3 Å². The molecule has 9 heteroatoms. The van der Waals surface area contributed by atoms with Gasteiger partial charge in [-0.15, -0.1) is 0 Å². The summed E-state index contributed by atoms with van der Waals surface area (Å²) in [4.78, 5) is 13.1. The fourth-order valence-electron chi connectivity index (χ4n) is 9.67. The van der Waals surface area contributed by atoms with Crippen LogP contribution in [0.15, 0.2) is 97.2 Å². The summed E-state index contributed by atoms with van der Waals surface area (Å²) in [6, 6.07) is -0.832. The molecule has 1 aliphatic heterocycles. The van der Waals surface area contributed by atoms with Crippen LogP contribution in [-0.2, 0) is 14.3 Å². The van der Waals surface area contributed by atoms with E-state index in [1.165, 1.54) is 161 Å². The van der Waals surface area contributed by atoms with E-state index < -0.39 is 49.5 Å². The third-order valence-corrected chi connectivity index (χ3v) is 14.7. The molecule has 1 rings (SSSR count). The Balaban J connectivity index is 2.22. The van der Waals surface area contributed by atoms with Crippen LogP contribution in [0, 0.1) is 0 Å². The number of hydrogen-bond acceptors (Lipinski definition) is 8. The Bertz CT molecular complexity index is 1530. The Morgan fingerprint density at radius 1 is 0.455 bits per heavy atom. The summed E-state index contributed by atoms with van der Waals surface area (Å²) in [5.74, 6) is -0.210. The van der Waals surface area contributed by atoms with E-state index in [0.29, 0.717) is 12.8 Å². The Morgan fingerprint density at radius 3 is 1.19 bits per heavy atom. The van der Waals surface area contributed by atoms with E-state index in [-0.39, 0.29) is 12.5 Å². The number of ether oxygens (including phenoxy) is 2. The van der Waals surface area contributed by atoms with Crippen molar-refractivity contribution < 1.29 is 39.8 Å². The second-order valence-electron chi connectivity index (χ2n) is 21.8. The molecule has 0 radical (unpaired) electrons. The van der Waals surface area contributed by atoms with Crippen molar-refractivity contribution in [2.75, 3.05) is 13.2 Å². The van der Waals surface area contributed by atoms with E-state index in [9.17, 15) is 30.3 Å². The van der Waals surface area contributed by atoms with Crippen LogP contribution in [0.2, 0.25) is 0 Å². The van der Waals surface area contributed by atoms with Crippen molar-refractivity contribution in [2.45, 2.75) is 314 Å². The van der Waals surface area contributed by atoms with Gasteiger partial charge in [-0.25, -0.2) is 0 Å². The summed E-state index contributed by atoms with van der Waals surface area (Å²) < 4.78 is 11.3. The van der Waals surface area contributed by atoms with Gasteiger partial charge in [0.15, 0.2) is 6.29 Å². The third kappa shape index (κ3) is 45.5. The predicted molar refractivity (Wildman–Crippen MR) is 327 cm³/mol. The molecule has 0 aliphatic carbocycles. The van der Waals surface area contributed by atoms with Crippen molar-refractivity contribution in [3.63, 3.8) is 0 Å². The van der Waals surface area contributed by atoms with Gasteiger partial charge in [-0.3, -0.25) is 4.79 Å². The molecule has 0 aromatic carbocycles. The molecule has 444 valence electrons. The maximum Gasteiger partial charge on any atom is 0.220 e. The monoisotopic (exact) mass is 1080 g/mol. The van der Waals surface area contributed by atoms with Gasteiger partial charge in [-0.05, 0) is 77.0 Å². The fraction of sp³-hybridized carbons (Fsp3) is 0.750. The first kappa shape index (κ1) is 72.1. The molecule has 6 N–H and O–H groups in total. The maximum absolute atomic E-state index is 13.1. The number of nitrogens with one attached hydrogen (secondary N) is 1. The first-order valence-corrected chi connectivity index (χ1v) is 32.0. The number of hydrogen-bond donors (Lipinski definition) is 6. The lowest BCUT2D eigenvalue weighted by Crippen LogP contribution is -2.60. The molecule has 0 saturated carbocycles. The van der Waals surface area contributed by atoms with Crippen LogP contribution in [-0.4, -0.2) is 87.5 Å². The predicted octanol–water partition coefficient (Wildman–Crippen LogP) is 16.7. The quantitative estimate of drug-likeness (QED) is 0.0261. The molecule has 0 spiro atoms. The molecule has 1 amide bonds. The summed E-state index contributed by atoms with van der Waals surface area (Å²) in [5.41, 5.74) is 0. The summed E-state index contributed by atoms with van der Waals surface area (Å²) >= 11 is 0. The summed E-state index contributed by atoms with van der Waals surface area (Å²) in [5, 5.41) is 54.6. The van der Waals surface area contributed by atoms with Gasteiger partial charge in [-0.1, -0.05) is 284 Å². The number of rotatable bonds is 54. The van der Waals surface area contributed by atoms with Crippen LogP contribution in [0.1, 0.15) is 271 Å². The number of aliphatic hydroxyl groups is 5. The average Bonchev–Trinajstić information content (AvgIpc) is 3.43. The summed E-state index contributed by atoms with van der Waals surface area (Å²) in [7, 11) is 0. The minimum atomic E-state index is -1.58. The summed E-state index contributed by atoms with van der Waals surface area (Å²) in [6.45, 7) is 3.66. The van der Waals surface area contributed by atoms with Crippen molar-refractivity contribution in [3.8, 4) is 0 Å². The standard InChI is InChI=1S/C68H119NO8/c1-3-5-7-9-11-13-15-17-19-21-23-25-27-29-30-31-32-34-35-37-39-41-43-45-47-49-51-53-55-57-62(71)61(60-76-68-67(75)66(74)65(73)63(59-70)77-68)69-64(72)58-56-54-52-50-48-46-44-42-40-38-36-33-28-26-24-22-20-18-16-14-12-10-8-6-4-2/h6,8,12,14,18,20,24,26,33,36,40,42,46,48,55,57,61-63,65-68,70-71,73-75H,3-5,7,9-11,13,15-17,19,21-23,25,27-32,34-35,37-39,41,43-45,47,49-54,56,58-60H2,1-2H3,(H,69,72)/b8-6-,14-12-,20-18-,26-24-,36-33-,42-40-,48-46-,57-55+. The van der Waals surface area contributed by atoms with Crippen LogP contribution in [0.4, 0.5) is 0 Å². The number of carbonyl (C=O) groups is 1. The first-order valence-electron chi connectivity index (χ1n) is 32.0. The molecular weight excluding hydrogens is 959 g/mol. The molecule has 0 aromatic heterocycles. The van der Waals surface area contributed by atoms with Gasteiger partial charge in [0.2, 0.25) is 5.91 Å². The van der Waals surface area contributed by atoms with Gasteiger partial charge in [-0.2, -0.15) is 0 Å². The number of carbonyl (C=O) groups excluding carboxylic acids is 1. The molecular formula is C68H119NO8. The highest BCUT2D eigenvalue weighted by atomic mass is 16.7. The molecule has 0 aromatic rings. The largest absolute Gasteiger partial charge is 0.394 e. The minimum absolute atomic E-state index is 0.207. The van der Waals surface area contributed by atoms with E-state index in [2.05, 4.69) is 104 Å². The molecule has 7 atom stereocenters. The van der Waals surface area contributed by atoms with E-state index in [1.807, 2.05) is 6.08 Å². The highest BCUT2D eigenvalue weighted by Gasteiger charge is 2.44. The van der Waals surface area contributed by atoms with Crippen LogP contribution in [0.3, 0.4) is 0 Å². The van der Waals surface area contributed by atoms with Gasteiger partial charge in [0.05, 0.1) is 25.4 Å². The second-order valence-corrected chi connectivity index (χ2v) is 21.8. The van der Waals surface area contributed by atoms with Crippen molar-refractivity contribution >= 4 is 5.91 Å². The van der Waals surface area contributed by atoms with E-state index in [0.717, 1.165) is 83.5 Å². The Morgan fingerprint density at radius 2 is 0.805 bits per heavy atom.